The Bertz CT molecular complexity index is 935. The van der Waals surface area contributed by atoms with Gasteiger partial charge in [-0.2, -0.15) is 0 Å². The van der Waals surface area contributed by atoms with E-state index in [1.807, 2.05) is 29.9 Å². The highest BCUT2D eigenvalue weighted by Crippen LogP contribution is 2.69. The summed E-state index contributed by atoms with van der Waals surface area (Å²) >= 11 is 6.06. The van der Waals surface area contributed by atoms with Crippen LogP contribution in [0, 0.1) is 4.91 Å². The second kappa shape index (κ2) is 4.29. The second-order valence-electron chi connectivity index (χ2n) is 5.14. The molecule has 1 unspecified atom stereocenters. The van der Waals surface area contributed by atoms with Crippen LogP contribution in [-0.2, 0) is 6.42 Å². The van der Waals surface area contributed by atoms with E-state index >= 15 is 0 Å². The predicted octanol–water partition coefficient (Wildman–Crippen LogP) is 4.28. The molecule has 1 aliphatic heterocycles. The van der Waals surface area contributed by atoms with Crippen LogP contribution in [-0.4, -0.2) is 21.2 Å². The van der Waals surface area contributed by atoms with Gasteiger partial charge in [-0.05, 0) is 34.4 Å². The van der Waals surface area contributed by atoms with Crippen LogP contribution < -0.4 is 0 Å². The Labute approximate surface area is 126 Å². The maximum atomic E-state index is 10.8. The van der Waals surface area contributed by atoms with E-state index < -0.39 is 10.2 Å². The topological polar surface area (TPSA) is 71.0 Å². The van der Waals surface area contributed by atoms with Gasteiger partial charge in [0, 0.05) is 21.7 Å². The SMILES string of the molecule is CS1(N=O)C=C1Cc1nc2cnc3ccc(Cl)cc3c2[nH]1. The quantitative estimate of drug-likeness (QED) is 0.733. The van der Waals surface area contributed by atoms with E-state index in [1.165, 1.54) is 0 Å². The van der Waals surface area contributed by atoms with E-state index in [-0.39, 0.29) is 0 Å². The van der Waals surface area contributed by atoms with Crippen LogP contribution in [0.2, 0.25) is 5.02 Å². The number of nitrogens with one attached hydrogen (secondary N) is 1. The highest BCUT2D eigenvalue weighted by Gasteiger charge is 2.36. The lowest BCUT2D eigenvalue weighted by molar-refractivity contribution is 1.07. The zero-order valence-electron chi connectivity index (χ0n) is 11.1. The number of halogens is 1. The Balaban J connectivity index is 1.79. The number of fused-ring (bicyclic) bond motifs is 3. The van der Waals surface area contributed by atoms with Crippen LogP contribution >= 0.6 is 21.8 Å². The Kier molecular flexibility index (Phi) is 2.61. The van der Waals surface area contributed by atoms with Crippen LogP contribution in [0.15, 0.2) is 39.3 Å². The van der Waals surface area contributed by atoms with Gasteiger partial charge < -0.3 is 4.98 Å². The first-order valence-electron chi connectivity index (χ1n) is 6.35. The van der Waals surface area contributed by atoms with Crippen molar-refractivity contribution in [1.29, 1.82) is 0 Å². The van der Waals surface area contributed by atoms with E-state index in [0.717, 1.165) is 32.7 Å². The Morgan fingerprint density at radius 2 is 2.24 bits per heavy atom. The van der Waals surface area contributed by atoms with Crippen molar-refractivity contribution in [2.24, 2.45) is 4.58 Å². The van der Waals surface area contributed by atoms with Crippen LogP contribution in [0.1, 0.15) is 5.82 Å². The molecule has 3 heterocycles. The number of imidazole rings is 1. The number of nitrogens with zero attached hydrogens (tertiary/aromatic N) is 3. The third-order valence-electron chi connectivity index (χ3n) is 3.67. The van der Waals surface area contributed by atoms with Gasteiger partial charge in [-0.1, -0.05) is 21.8 Å². The van der Waals surface area contributed by atoms with Gasteiger partial charge in [0.15, 0.2) is 0 Å². The lowest BCUT2D eigenvalue weighted by atomic mass is 10.2. The van der Waals surface area contributed by atoms with E-state index in [2.05, 4.69) is 19.5 Å². The summed E-state index contributed by atoms with van der Waals surface area (Å²) in [5, 5.41) is 3.56. The Morgan fingerprint density at radius 1 is 1.38 bits per heavy atom. The number of rotatable bonds is 3. The molecule has 1 aromatic carbocycles. The fourth-order valence-electron chi connectivity index (χ4n) is 2.43. The third kappa shape index (κ3) is 2.02. The van der Waals surface area contributed by atoms with Gasteiger partial charge in [-0.3, -0.25) is 4.98 Å². The molecule has 0 saturated heterocycles. The maximum absolute atomic E-state index is 10.8. The van der Waals surface area contributed by atoms with E-state index in [9.17, 15) is 4.91 Å². The van der Waals surface area contributed by atoms with Crippen LogP contribution in [0.5, 0.6) is 0 Å². The molecule has 0 fully saturated rings. The van der Waals surface area contributed by atoms with Crippen molar-refractivity contribution in [2.75, 3.05) is 6.26 Å². The van der Waals surface area contributed by atoms with E-state index in [1.54, 1.807) is 6.20 Å². The van der Waals surface area contributed by atoms with E-state index in [4.69, 9.17) is 11.6 Å². The van der Waals surface area contributed by atoms with Crippen molar-refractivity contribution in [1.82, 2.24) is 15.0 Å². The van der Waals surface area contributed by atoms with Gasteiger partial charge in [0.1, 0.15) is 11.3 Å². The first-order chi connectivity index (χ1) is 10.1. The number of hydrogen-bond donors (Lipinski definition) is 1. The molecule has 0 aliphatic carbocycles. The minimum Gasteiger partial charge on any atom is -0.341 e. The van der Waals surface area contributed by atoms with Crippen LogP contribution in [0.3, 0.4) is 0 Å². The molecule has 1 atom stereocenters. The van der Waals surface area contributed by atoms with Gasteiger partial charge in [0.2, 0.25) is 0 Å². The summed E-state index contributed by atoms with van der Waals surface area (Å²) in [5.41, 5.74) is 2.60. The number of aromatic nitrogens is 3. The molecule has 3 aromatic rings. The van der Waals surface area contributed by atoms with E-state index in [0.29, 0.717) is 11.4 Å². The maximum Gasteiger partial charge on any atom is 0.112 e. The lowest BCUT2D eigenvalue weighted by Crippen LogP contribution is -1.87. The molecule has 0 saturated carbocycles. The number of nitroso groups, excluding NO2 is 1. The Hall–Kier alpha value is -1.92. The summed E-state index contributed by atoms with van der Waals surface area (Å²) < 4.78 is 3.19. The van der Waals surface area contributed by atoms with Gasteiger partial charge in [0.05, 0.1) is 17.2 Å². The van der Waals surface area contributed by atoms with Gasteiger partial charge in [-0.25, -0.2) is 4.98 Å². The number of hydrogen-bond acceptors (Lipinski definition) is 4. The standard InChI is InChI=1S/C14H11ClN4OS/c1-21(19-20)7-9(21)5-13-17-12-6-16-11-3-2-8(15)4-10(11)14(12)18-13/h2-4,6-7H,5H2,1H3,(H,17,18). The molecule has 1 aliphatic rings. The zero-order valence-corrected chi connectivity index (χ0v) is 12.7. The monoisotopic (exact) mass is 318 g/mol. The molecule has 4 rings (SSSR count). The molecule has 0 radical (unpaired) electrons. The zero-order chi connectivity index (χ0) is 14.6. The summed E-state index contributed by atoms with van der Waals surface area (Å²) in [6.07, 6.45) is 4.26. The van der Waals surface area contributed by atoms with Crippen LogP contribution in [0.4, 0.5) is 0 Å². The lowest BCUT2D eigenvalue weighted by Gasteiger charge is -2.04. The van der Waals surface area contributed by atoms with Crippen molar-refractivity contribution < 1.29 is 0 Å². The minimum absolute atomic E-state index is 0.633. The minimum atomic E-state index is -1.47. The van der Waals surface area contributed by atoms with Crippen molar-refractivity contribution >= 4 is 43.8 Å². The normalized spacial score (nSPS) is 23.8. The van der Waals surface area contributed by atoms with Crippen molar-refractivity contribution in [3.05, 3.63) is 50.5 Å². The molecular formula is C14H11ClN4OS. The number of aromatic amines is 1. The molecule has 5 nitrogen and oxygen atoms in total. The Morgan fingerprint density at radius 3 is 3.00 bits per heavy atom. The largest absolute Gasteiger partial charge is 0.341 e. The third-order valence-corrected chi connectivity index (χ3v) is 6.02. The van der Waals surface area contributed by atoms with Crippen molar-refractivity contribution in [2.45, 2.75) is 6.42 Å². The van der Waals surface area contributed by atoms with Gasteiger partial charge in [0.25, 0.3) is 0 Å². The number of pyridine rings is 1. The summed E-state index contributed by atoms with van der Waals surface area (Å²) in [7, 11) is -1.47. The van der Waals surface area contributed by atoms with Crippen molar-refractivity contribution in [3.63, 3.8) is 0 Å². The molecular weight excluding hydrogens is 308 g/mol. The molecule has 1 N–H and O–H groups in total. The molecule has 0 spiro atoms. The summed E-state index contributed by atoms with van der Waals surface area (Å²) in [6.45, 7) is 0. The molecule has 2 aromatic heterocycles. The molecule has 0 amide bonds. The smallest absolute Gasteiger partial charge is 0.112 e. The van der Waals surface area contributed by atoms with Crippen molar-refractivity contribution in [3.8, 4) is 0 Å². The first-order valence-corrected chi connectivity index (χ1v) is 8.79. The average molecular weight is 319 g/mol. The highest BCUT2D eigenvalue weighted by atomic mass is 35.5. The average Bonchev–Trinajstić information content (AvgIpc) is 2.94. The summed E-state index contributed by atoms with van der Waals surface area (Å²) in [6, 6.07) is 5.59. The van der Waals surface area contributed by atoms with Gasteiger partial charge in [-0.15, -0.1) is 4.91 Å². The van der Waals surface area contributed by atoms with Gasteiger partial charge >= 0.3 is 0 Å². The highest BCUT2D eigenvalue weighted by molar-refractivity contribution is 8.42. The van der Waals surface area contributed by atoms with Crippen LogP contribution in [0.25, 0.3) is 21.9 Å². The molecule has 0 bridgehead atoms. The fourth-order valence-corrected chi connectivity index (χ4v) is 4.13. The molecule has 21 heavy (non-hydrogen) atoms. The second-order valence-corrected chi connectivity index (χ2v) is 8.36. The predicted molar refractivity (Wildman–Crippen MR) is 87.5 cm³/mol. The number of allylic oxidation sites excluding steroid dienone is 1. The number of benzene rings is 1. The number of H-pyrrole nitrogens is 1. The summed E-state index contributed by atoms with van der Waals surface area (Å²) in [5.74, 6) is 0.824. The molecule has 106 valence electrons. The molecule has 7 heteroatoms. The fraction of sp³-hybridized carbons (Fsp3) is 0.143. The first kappa shape index (κ1) is 12.8. The summed E-state index contributed by atoms with van der Waals surface area (Å²) in [4.78, 5) is 24.1.